The topological polar surface area (TPSA) is 107 Å². The standard InChI is InChI=1S/C29H42O9S/c1-29(2,3)25-13-11-24(12-14-25)8-7-15-38-39(31,32)27-10-6-5-9-26(27)28(30)37-23-22-36-21-20-35-19-18-34-17-16-33-4/h5-6,9-14H,7-8,15-23H2,1-4H3. The molecule has 0 aliphatic carbocycles. The Hall–Kier alpha value is -2.34. The third kappa shape index (κ3) is 12.6. The number of carbonyl (C=O) groups is 1. The Morgan fingerprint density at radius 1 is 0.744 bits per heavy atom. The molecule has 0 fully saturated rings. The maximum Gasteiger partial charge on any atom is 0.339 e. The minimum Gasteiger partial charge on any atom is -0.460 e. The highest BCUT2D eigenvalue weighted by molar-refractivity contribution is 7.86. The van der Waals surface area contributed by atoms with Gasteiger partial charge < -0.3 is 23.7 Å². The summed E-state index contributed by atoms with van der Waals surface area (Å²) < 4.78 is 57.0. The minimum absolute atomic E-state index is 0.00191. The van der Waals surface area contributed by atoms with Crippen LogP contribution in [0.25, 0.3) is 0 Å². The average Bonchev–Trinajstić information content (AvgIpc) is 2.91. The summed E-state index contributed by atoms with van der Waals surface area (Å²) in [7, 11) is -2.53. The van der Waals surface area contributed by atoms with Gasteiger partial charge in [0.1, 0.15) is 11.5 Å². The van der Waals surface area contributed by atoms with E-state index in [9.17, 15) is 13.2 Å². The van der Waals surface area contributed by atoms with E-state index in [2.05, 4.69) is 45.0 Å². The maximum atomic E-state index is 12.8. The lowest BCUT2D eigenvalue weighted by Crippen LogP contribution is -2.17. The van der Waals surface area contributed by atoms with Crippen molar-refractivity contribution in [2.24, 2.45) is 0 Å². The van der Waals surface area contributed by atoms with Gasteiger partial charge in [-0.3, -0.25) is 4.18 Å². The van der Waals surface area contributed by atoms with E-state index < -0.39 is 16.1 Å². The first kappa shape index (κ1) is 32.9. The van der Waals surface area contributed by atoms with Crippen LogP contribution in [-0.4, -0.2) is 81.0 Å². The fourth-order valence-electron chi connectivity index (χ4n) is 3.49. The van der Waals surface area contributed by atoms with Crippen LogP contribution in [-0.2, 0) is 49.8 Å². The van der Waals surface area contributed by atoms with Gasteiger partial charge >= 0.3 is 5.97 Å². The Morgan fingerprint density at radius 2 is 1.31 bits per heavy atom. The average molecular weight is 567 g/mol. The third-order valence-electron chi connectivity index (χ3n) is 5.68. The summed E-state index contributed by atoms with van der Waals surface area (Å²) in [6, 6.07) is 14.1. The highest BCUT2D eigenvalue weighted by atomic mass is 32.2. The van der Waals surface area contributed by atoms with Gasteiger partial charge in [0.15, 0.2) is 0 Å². The second kappa shape index (κ2) is 17.4. The van der Waals surface area contributed by atoms with Crippen molar-refractivity contribution in [3.63, 3.8) is 0 Å². The molecule has 0 saturated heterocycles. The third-order valence-corrected chi connectivity index (χ3v) is 7.05. The molecule has 2 rings (SSSR count). The molecule has 0 aliphatic heterocycles. The smallest absolute Gasteiger partial charge is 0.339 e. The van der Waals surface area contributed by atoms with E-state index in [-0.39, 0.29) is 35.7 Å². The van der Waals surface area contributed by atoms with E-state index in [1.807, 2.05) is 0 Å². The number of hydrogen-bond acceptors (Lipinski definition) is 9. The van der Waals surface area contributed by atoms with Crippen molar-refractivity contribution in [1.82, 2.24) is 0 Å². The molecule has 0 unspecified atom stereocenters. The van der Waals surface area contributed by atoms with Gasteiger partial charge in [0.05, 0.1) is 58.4 Å². The molecule has 0 radical (unpaired) electrons. The van der Waals surface area contributed by atoms with Crippen molar-refractivity contribution in [1.29, 1.82) is 0 Å². The van der Waals surface area contributed by atoms with Crippen LogP contribution >= 0.6 is 0 Å². The van der Waals surface area contributed by atoms with Gasteiger partial charge in [0.2, 0.25) is 0 Å². The zero-order valence-corrected chi connectivity index (χ0v) is 24.3. The van der Waals surface area contributed by atoms with Gasteiger partial charge in [-0.2, -0.15) is 8.42 Å². The SMILES string of the molecule is COCCOCCOCCOCCOC(=O)c1ccccc1S(=O)(=O)OCCCc1ccc(C(C)(C)C)cc1. The molecule has 2 aromatic rings. The lowest BCUT2D eigenvalue weighted by molar-refractivity contribution is -0.00558. The number of esters is 1. The Labute approximate surface area is 232 Å². The minimum atomic E-state index is -4.14. The first-order valence-corrected chi connectivity index (χ1v) is 14.5. The van der Waals surface area contributed by atoms with Crippen LogP contribution in [0, 0.1) is 0 Å². The number of aryl methyl sites for hydroxylation is 1. The Balaban J connectivity index is 1.71. The molecule has 0 heterocycles. The maximum absolute atomic E-state index is 12.8. The van der Waals surface area contributed by atoms with Gasteiger partial charge in [0.25, 0.3) is 10.1 Å². The zero-order chi connectivity index (χ0) is 28.6. The molecule has 0 aliphatic rings. The number of methoxy groups -OCH3 is 1. The monoisotopic (exact) mass is 566 g/mol. The molecule has 0 saturated carbocycles. The molecule has 218 valence electrons. The number of ether oxygens (including phenoxy) is 5. The Bertz CT molecular complexity index is 1080. The van der Waals surface area contributed by atoms with Crippen LogP contribution in [0.5, 0.6) is 0 Å². The van der Waals surface area contributed by atoms with Crippen LogP contribution in [0.1, 0.15) is 48.7 Å². The van der Waals surface area contributed by atoms with E-state index in [0.717, 1.165) is 5.56 Å². The van der Waals surface area contributed by atoms with Gasteiger partial charge in [-0.05, 0) is 41.5 Å². The van der Waals surface area contributed by atoms with Crippen LogP contribution < -0.4 is 0 Å². The summed E-state index contributed by atoms with van der Waals surface area (Å²) in [6.07, 6.45) is 1.19. The molecule has 2 aromatic carbocycles. The van der Waals surface area contributed by atoms with Crippen LogP contribution in [0.3, 0.4) is 0 Å². The molecule has 0 aromatic heterocycles. The highest BCUT2D eigenvalue weighted by Gasteiger charge is 2.24. The predicted molar refractivity (Wildman–Crippen MR) is 148 cm³/mol. The lowest BCUT2D eigenvalue weighted by atomic mass is 9.86. The molecule has 39 heavy (non-hydrogen) atoms. The molecule has 0 amide bonds. The molecule has 0 spiro atoms. The van der Waals surface area contributed by atoms with Crippen molar-refractivity contribution >= 4 is 16.1 Å². The van der Waals surface area contributed by atoms with Gasteiger partial charge in [-0.25, -0.2) is 4.79 Å². The van der Waals surface area contributed by atoms with Gasteiger partial charge in [0, 0.05) is 7.11 Å². The van der Waals surface area contributed by atoms with Crippen LogP contribution in [0.15, 0.2) is 53.4 Å². The van der Waals surface area contributed by atoms with Crippen LogP contribution in [0.2, 0.25) is 0 Å². The molecular weight excluding hydrogens is 524 g/mol. The van der Waals surface area contributed by atoms with Crippen molar-refractivity contribution < 1.29 is 41.1 Å². The normalized spacial score (nSPS) is 12.0. The molecule has 0 atom stereocenters. The number of rotatable bonds is 19. The molecule has 10 heteroatoms. The number of hydrogen-bond donors (Lipinski definition) is 0. The fourth-order valence-corrected chi connectivity index (χ4v) is 4.62. The summed E-state index contributed by atoms with van der Waals surface area (Å²) in [5.41, 5.74) is 2.34. The first-order chi connectivity index (χ1) is 18.6. The summed E-state index contributed by atoms with van der Waals surface area (Å²) >= 11 is 0. The Morgan fingerprint density at radius 3 is 1.90 bits per heavy atom. The first-order valence-electron chi connectivity index (χ1n) is 13.1. The van der Waals surface area contributed by atoms with Gasteiger partial charge in [-0.15, -0.1) is 0 Å². The Kier molecular flexibility index (Phi) is 14.6. The molecule has 0 N–H and O–H groups in total. The molecule has 0 bridgehead atoms. The zero-order valence-electron chi connectivity index (χ0n) is 23.5. The summed E-state index contributed by atoms with van der Waals surface area (Å²) in [5, 5.41) is 0. The van der Waals surface area contributed by atoms with E-state index >= 15 is 0 Å². The fraction of sp³-hybridized carbons (Fsp3) is 0.552. The highest BCUT2D eigenvalue weighted by Crippen LogP contribution is 2.23. The van der Waals surface area contributed by atoms with Gasteiger partial charge in [-0.1, -0.05) is 57.2 Å². The summed E-state index contributed by atoms with van der Waals surface area (Å²) in [6.45, 7) is 9.28. The van der Waals surface area contributed by atoms with Crippen molar-refractivity contribution in [2.45, 2.75) is 43.9 Å². The van der Waals surface area contributed by atoms with Crippen molar-refractivity contribution in [2.75, 3.05) is 66.6 Å². The van der Waals surface area contributed by atoms with E-state index in [4.69, 9.17) is 27.9 Å². The predicted octanol–water partition coefficient (Wildman–Crippen LogP) is 4.18. The molecule has 9 nitrogen and oxygen atoms in total. The second-order valence-corrected chi connectivity index (χ2v) is 11.4. The second-order valence-electron chi connectivity index (χ2n) is 9.79. The summed E-state index contributed by atoms with van der Waals surface area (Å²) in [5.74, 6) is -0.759. The van der Waals surface area contributed by atoms with E-state index in [0.29, 0.717) is 52.5 Å². The van der Waals surface area contributed by atoms with E-state index in [1.54, 1.807) is 13.2 Å². The molecular formula is C29H42O9S. The van der Waals surface area contributed by atoms with E-state index in [1.165, 1.54) is 23.8 Å². The largest absolute Gasteiger partial charge is 0.460 e. The summed E-state index contributed by atoms with van der Waals surface area (Å²) in [4.78, 5) is 12.3. The van der Waals surface area contributed by atoms with Crippen molar-refractivity contribution in [3.8, 4) is 0 Å². The lowest BCUT2D eigenvalue weighted by Gasteiger charge is -2.19. The number of benzene rings is 2. The quantitative estimate of drug-likeness (QED) is 0.141. The van der Waals surface area contributed by atoms with Crippen molar-refractivity contribution in [3.05, 3.63) is 65.2 Å². The van der Waals surface area contributed by atoms with Crippen LogP contribution in [0.4, 0.5) is 0 Å². The number of carbonyl (C=O) groups excluding carboxylic acids is 1.